The number of Topliss-reactive ketones (excluding diaryl/α,β-unsaturated/α-hetero) is 3. The second-order valence-electron chi connectivity index (χ2n) is 24.9. The molecule has 2 aromatic carbocycles. The van der Waals surface area contributed by atoms with Crippen molar-refractivity contribution < 1.29 is 76.7 Å². The second-order valence-corrected chi connectivity index (χ2v) is 25.3. The van der Waals surface area contributed by atoms with Gasteiger partial charge < -0.3 is 59.7 Å². The Bertz CT molecular complexity index is 2940. The number of amides is 5. The molecule has 1 saturated carbocycles. The molecule has 88 heavy (non-hydrogen) atoms. The molecule has 2 aromatic rings. The maximum atomic E-state index is 14.6. The second kappa shape index (κ2) is 31.7. The summed E-state index contributed by atoms with van der Waals surface area (Å²) in [7, 11) is 7.19. The quantitative estimate of drug-likeness (QED) is 0.0373. The van der Waals surface area contributed by atoms with Crippen LogP contribution < -0.4 is 30.7 Å². The summed E-state index contributed by atoms with van der Waals surface area (Å²) in [6.45, 7) is 10.7. The van der Waals surface area contributed by atoms with Gasteiger partial charge in [0.05, 0.1) is 50.5 Å². The summed E-state index contributed by atoms with van der Waals surface area (Å²) in [5.41, 5.74) is 4.73. The molecule has 484 valence electrons. The molecule has 6 rings (SSSR count). The molecule has 21 nitrogen and oxygen atoms in total. The first-order chi connectivity index (χ1) is 41.6. The van der Waals surface area contributed by atoms with E-state index in [1.54, 1.807) is 44.2 Å². The highest BCUT2D eigenvalue weighted by molar-refractivity contribution is 6.35. The van der Waals surface area contributed by atoms with Gasteiger partial charge in [-0.05, 0) is 107 Å². The van der Waals surface area contributed by atoms with Crippen LogP contribution in [0.3, 0.4) is 0 Å². The van der Waals surface area contributed by atoms with Gasteiger partial charge >= 0.3 is 18.0 Å². The predicted octanol–water partition coefficient (Wildman–Crippen LogP) is 8.07. The van der Waals surface area contributed by atoms with Crippen molar-refractivity contribution in [3.63, 3.8) is 0 Å². The molecule has 3 fully saturated rings. The highest BCUT2D eigenvalue weighted by atomic mass is 35.5. The number of ketones is 3. The molecule has 0 radical (unpaired) electrons. The van der Waals surface area contributed by atoms with Gasteiger partial charge in [0.2, 0.25) is 11.8 Å². The van der Waals surface area contributed by atoms with E-state index in [4.69, 9.17) is 45.8 Å². The fraction of sp³-hybridized carbons (Fsp3) is 0.621. The Labute approximate surface area is 522 Å². The van der Waals surface area contributed by atoms with Crippen LogP contribution in [0.25, 0.3) is 0 Å². The third kappa shape index (κ3) is 18.2. The van der Waals surface area contributed by atoms with Gasteiger partial charge in [-0.1, -0.05) is 81.5 Å². The zero-order valence-electron chi connectivity index (χ0n) is 53.0. The third-order valence-corrected chi connectivity index (χ3v) is 18.4. The lowest BCUT2D eigenvalue weighted by molar-refractivity contribution is -0.187. The van der Waals surface area contributed by atoms with Gasteiger partial charge in [-0.15, -0.1) is 0 Å². The standard InChI is InChI=1S/C66H92ClN5O16/c1-38(2)47(34-45(73)22-14-12-13-15-24-50(74)44-20-17-21-44)61(78)70-48(23-18-28-69-64(68)81)51(75)31-42-26-27-46(52(32-42)83-9)62(79)71(7)41(5)63(80)87-56-35-57(76)72(8)49-30-43(33-53(84-10)59(49)67)29-39(3)19-16-25-55(85-11)66(82)36-54(86-58(77)37-66)40(4)60-65(56,6)88-60/h16,19,25-27,30,32-33,38,40-41,44,47-48,54-56,60,82H,12-15,17-18,20-24,28-29,31,34-37H2,1-11H3,(H,70,78)(H3,68,69,81)/b25-16+,39-19+/t40-,41+,47+,48+,54+,55-,56+,60+,65+,66-/m1/s1. The highest BCUT2D eigenvalue weighted by Gasteiger charge is 2.64. The van der Waals surface area contributed by atoms with Crippen molar-refractivity contribution >= 4 is 70.3 Å². The van der Waals surface area contributed by atoms with Crippen LogP contribution >= 0.6 is 11.6 Å². The maximum absolute atomic E-state index is 14.6. The average molecular weight is 1250 g/mol. The minimum absolute atomic E-state index is 0.00199. The topological polar surface area (TPSA) is 289 Å². The Hall–Kier alpha value is -6.68. The van der Waals surface area contributed by atoms with Gasteiger partial charge in [-0.2, -0.15) is 0 Å². The largest absolute Gasteiger partial charge is 0.496 e. The number of benzene rings is 2. The van der Waals surface area contributed by atoms with Gasteiger partial charge in [-0.25, -0.2) is 9.59 Å². The summed E-state index contributed by atoms with van der Waals surface area (Å²) in [6.07, 6.45) is 8.40. The zero-order valence-corrected chi connectivity index (χ0v) is 53.8. The van der Waals surface area contributed by atoms with Crippen molar-refractivity contribution in [3.8, 4) is 11.5 Å². The number of epoxide rings is 1. The fourth-order valence-electron chi connectivity index (χ4n) is 12.0. The number of ether oxygens (including phenoxy) is 6. The van der Waals surface area contributed by atoms with Crippen LogP contribution in [0.15, 0.2) is 54.1 Å². The summed E-state index contributed by atoms with van der Waals surface area (Å²) in [6, 6.07) is 5.03. The van der Waals surface area contributed by atoms with Gasteiger partial charge in [0.1, 0.15) is 63.6 Å². The van der Waals surface area contributed by atoms with Gasteiger partial charge in [0.15, 0.2) is 5.78 Å². The van der Waals surface area contributed by atoms with Crippen LogP contribution in [-0.2, 0) is 65.4 Å². The van der Waals surface area contributed by atoms with Crippen molar-refractivity contribution in [1.82, 2.24) is 15.5 Å². The Morgan fingerprint density at radius 3 is 2.28 bits per heavy atom. The number of allylic oxidation sites excluding steroid dienone is 3. The SMILES string of the molecule is COc1cc(CC(=O)[C@H](CCCNC(N)=O)NC(=O)[C@@H](CC(=O)CCCCCCC(=O)C2CCC2)C(C)C)ccc1C(=O)N(C)[C@@H](C)C(=O)O[C@H]1CC(=O)N(C)c2cc(cc(OC)c2Cl)C/C(C)=C/C=C/[C@@H](OC)[C@]2(O)CC(=O)O[C@@H](C2)[C@@H](C)[C@@H]2O[C@@]12C. The number of primary amides is 1. The van der Waals surface area contributed by atoms with E-state index in [1.165, 1.54) is 59.4 Å². The Kier molecular flexibility index (Phi) is 25.3. The Morgan fingerprint density at radius 2 is 1.65 bits per heavy atom. The minimum Gasteiger partial charge on any atom is -0.496 e. The number of nitrogens with one attached hydrogen (secondary N) is 2. The summed E-state index contributed by atoms with van der Waals surface area (Å²) in [5.74, 6) is -4.19. The van der Waals surface area contributed by atoms with Gasteiger partial charge in [0.25, 0.3) is 5.91 Å². The molecule has 2 saturated heterocycles. The number of aliphatic hydroxyl groups is 1. The molecule has 0 aromatic heterocycles. The van der Waals surface area contributed by atoms with E-state index in [2.05, 4.69) is 10.6 Å². The van der Waals surface area contributed by atoms with Crippen LogP contribution in [0.5, 0.6) is 11.5 Å². The van der Waals surface area contributed by atoms with E-state index in [1.807, 2.05) is 26.8 Å². The normalized spacial score (nSPS) is 25.0. The number of unbranched alkanes of at least 4 members (excludes halogenated alkanes) is 3. The first-order valence-electron chi connectivity index (χ1n) is 30.8. The van der Waals surface area contributed by atoms with Crippen LogP contribution in [0.1, 0.15) is 159 Å². The lowest BCUT2D eigenvalue weighted by Crippen LogP contribution is -2.53. The summed E-state index contributed by atoms with van der Waals surface area (Å²) in [5, 5.41) is 17.6. The van der Waals surface area contributed by atoms with Crippen LogP contribution in [0, 0.1) is 23.7 Å². The molecule has 1 aliphatic carbocycles. The molecular formula is C66H92ClN5O16. The molecular weight excluding hydrogens is 1150 g/mol. The number of likely N-dealkylation sites (N-methyl/N-ethyl adjacent to an activating group) is 1. The van der Waals surface area contributed by atoms with Crippen LogP contribution in [0.4, 0.5) is 10.5 Å². The number of nitrogens with two attached hydrogens (primary N) is 1. The van der Waals surface area contributed by atoms with E-state index in [9.17, 15) is 48.3 Å². The van der Waals surface area contributed by atoms with Crippen molar-refractivity contribution in [2.45, 2.75) is 198 Å². The summed E-state index contributed by atoms with van der Waals surface area (Å²) >= 11 is 6.87. The number of nitrogens with zero attached hydrogens (tertiary/aromatic N) is 2. The molecule has 22 heteroatoms. The Morgan fingerprint density at radius 1 is 0.955 bits per heavy atom. The smallest absolute Gasteiger partial charge is 0.328 e. The predicted molar refractivity (Wildman–Crippen MR) is 330 cm³/mol. The van der Waals surface area contributed by atoms with Crippen molar-refractivity contribution in [3.05, 3.63) is 75.8 Å². The van der Waals surface area contributed by atoms with Crippen molar-refractivity contribution in [1.29, 1.82) is 0 Å². The number of hydrogen-bond acceptors (Lipinski definition) is 16. The van der Waals surface area contributed by atoms with Crippen molar-refractivity contribution in [2.75, 3.05) is 46.9 Å². The van der Waals surface area contributed by atoms with Crippen LogP contribution in [-0.4, -0.2) is 153 Å². The minimum atomic E-state index is -1.66. The first kappa shape index (κ1) is 70.4. The van der Waals surface area contributed by atoms with E-state index in [-0.39, 0.29) is 84.8 Å². The van der Waals surface area contributed by atoms with Crippen molar-refractivity contribution in [2.24, 2.45) is 29.4 Å². The van der Waals surface area contributed by atoms with Gasteiger partial charge in [0, 0.05) is 77.6 Å². The third-order valence-electron chi connectivity index (χ3n) is 18.0. The van der Waals surface area contributed by atoms with E-state index < -0.39 is 102 Å². The molecule has 0 unspecified atom stereocenters. The van der Waals surface area contributed by atoms with E-state index in [0.29, 0.717) is 48.5 Å². The highest BCUT2D eigenvalue weighted by Crippen LogP contribution is 2.50. The lowest BCUT2D eigenvalue weighted by Gasteiger charge is -2.41. The molecule has 3 heterocycles. The number of esters is 2. The number of hydrogen-bond donors (Lipinski definition) is 4. The molecule has 5 N–H and O–H groups in total. The molecule has 5 amide bonds. The number of anilines is 1. The zero-order chi connectivity index (χ0) is 64.8. The molecule has 0 spiro atoms. The average Bonchev–Trinajstić information content (AvgIpc) is 1.58. The molecule has 10 atom stereocenters. The Balaban J connectivity index is 1.17. The number of carbonyl (C=O) groups excluding carboxylic acids is 9. The number of carbonyl (C=O) groups is 9. The summed E-state index contributed by atoms with van der Waals surface area (Å²) in [4.78, 5) is 124. The molecule has 4 bridgehead atoms. The van der Waals surface area contributed by atoms with Crippen LogP contribution in [0.2, 0.25) is 5.02 Å². The first-order valence-corrected chi connectivity index (χ1v) is 31.2. The number of halogens is 1. The molecule has 3 aliphatic heterocycles. The fourth-order valence-corrected chi connectivity index (χ4v) is 12.3. The summed E-state index contributed by atoms with van der Waals surface area (Å²) < 4.78 is 35.6. The number of urea groups is 1. The molecule has 4 aliphatic rings. The number of methoxy groups -OCH3 is 3. The van der Waals surface area contributed by atoms with E-state index in [0.717, 1.165) is 54.6 Å². The number of rotatable bonds is 27. The number of fused-ring (bicyclic) bond motifs is 5. The lowest BCUT2D eigenvalue weighted by atomic mass is 9.78. The van der Waals surface area contributed by atoms with E-state index >= 15 is 0 Å². The van der Waals surface area contributed by atoms with Gasteiger partial charge in [-0.3, -0.25) is 33.6 Å². The monoisotopic (exact) mass is 1250 g/mol. The maximum Gasteiger partial charge on any atom is 0.328 e.